The monoisotopic (exact) mass is 309 g/mol. The maximum absolute atomic E-state index is 12.1. The highest BCUT2D eigenvalue weighted by Gasteiger charge is 2.26. The molecule has 1 N–H and O–H groups in total. The molecule has 0 spiro atoms. The highest BCUT2D eigenvalue weighted by atomic mass is 32.2. The summed E-state index contributed by atoms with van der Waals surface area (Å²) in [5, 5.41) is 8.95. The molecule has 1 aromatic carbocycles. The number of benzene rings is 1. The Balaban J connectivity index is 1.81. The van der Waals surface area contributed by atoms with Gasteiger partial charge in [0.15, 0.2) is 0 Å². The summed E-state index contributed by atoms with van der Waals surface area (Å²) in [6.45, 7) is 1.07. The van der Waals surface area contributed by atoms with Gasteiger partial charge in [-0.1, -0.05) is 6.07 Å². The van der Waals surface area contributed by atoms with Crippen molar-refractivity contribution in [2.75, 3.05) is 26.0 Å². The predicted molar refractivity (Wildman–Crippen MR) is 80.7 cm³/mol. The van der Waals surface area contributed by atoms with Gasteiger partial charge in [0, 0.05) is 18.0 Å². The van der Waals surface area contributed by atoms with Crippen LogP contribution in [0.4, 0.5) is 0 Å². The average Bonchev–Trinajstić information content (AvgIpc) is 2.53. The Kier molecular flexibility index (Phi) is 5.50. The van der Waals surface area contributed by atoms with Crippen molar-refractivity contribution in [3.05, 3.63) is 24.3 Å². The Hall–Kier alpha value is -1.69. The first-order valence-electron chi connectivity index (χ1n) is 6.87. The number of thioether (sulfide) groups is 1. The van der Waals surface area contributed by atoms with Crippen LogP contribution in [0.3, 0.4) is 0 Å². The number of carboxylic acids is 1. The molecule has 1 heterocycles. The van der Waals surface area contributed by atoms with Gasteiger partial charge in [0.1, 0.15) is 5.75 Å². The fraction of sp³-hybridized carbons (Fsp3) is 0.467. The number of likely N-dealkylation sites (tertiary alicyclic amines) is 1. The van der Waals surface area contributed by atoms with Crippen LogP contribution in [-0.2, 0) is 9.59 Å². The molecule has 0 unspecified atom stereocenters. The topological polar surface area (TPSA) is 66.8 Å². The van der Waals surface area contributed by atoms with E-state index < -0.39 is 5.97 Å². The van der Waals surface area contributed by atoms with Crippen molar-refractivity contribution in [1.29, 1.82) is 0 Å². The van der Waals surface area contributed by atoms with Gasteiger partial charge in [-0.3, -0.25) is 9.59 Å². The van der Waals surface area contributed by atoms with Gasteiger partial charge in [-0.25, -0.2) is 0 Å². The van der Waals surface area contributed by atoms with Crippen molar-refractivity contribution in [3.8, 4) is 5.75 Å². The molecule has 1 aromatic rings. The number of carboxylic acid groups (broad SMARTS) is 1. The van der Waals surface area contributed by atoms with E-state index >= 15 is 0 Å². The number of rotatable bonds is 5. The van der Waals surface area contributed by atoms with Crippen LogP contribution in [-0.4, -0.2) is 47.8 Å². The first kappa shape index (κ1) is 15.7. The van der Waals surface area contributed by atoms with Gasteiger partial charge >= 0.3 is 5.97 Å². The average molecular weight is 309 g/mol. The number of hydrogen-bond acceptors (Lipinski definition) is 4. The minimum absolute atomic E-state index is 0.0617. The molecule has 0 bridgehead atoms. The summed E-state index contributed by atoms with van der Waals surface area (Å²) in [7, 11) is 1.61. The van der Waals surface area contributed by atoms with Gasteiger partial charge in [0.25, 0.3) is 0 Å². The number of piperidine rings is 1. The number of amides is 1. The third-order valence-electron chi connectivity index (χ3n) is 3.60. The summed E-state index contributed by atoms with van der Waals surface area (Å²) < 4.78 is 5.15. The zero-order valence-electron chi connectivity index (χ0n) is 11.9. The molecule has 1 fully saturated rings. The Labute approximate surface area is 128 Å². The van der Waals surface area contributed by atoms with Crippen molar-refractivity contribution in [2.45, 2.75) is 17.7 Å². The van der Waals surface area contributed by atoms with Crippen LogP contribution in [0, 0.1) is 5.92 Å². The minimum Gasteiger partial charge on any atom is -0.497 e. The maximum atomic E-state index is 12.1. The second-order valence-electron chi connectivity index (χ2n) is 4.96. The molecule has 1 aliphatic rings. The molecule has 1 amide bonds. The fourth-order valence-corrected chi connectivity index (χ4v) is 3.15. The second kappa shape index (κ2) is 7.36. The van der Waals surface area contributed by atoms with Crippen LogP contribution in [0.5, 0.6) is 5.75 Å². The summed E-state index contributed by atoms with van der Waals surface area (Å²) in [5.74, 6) is 0.138. The van der Waals surface area contributed by atoms with Crippen molar-refractivity contribution in [3.63, 3.8) is 0 Å². The lowest BCUT2D eigenvalue weighted by molar-refractivity contribution is -0.145. The lowest BCUT2D eigenvalue weighted by atomic mass is 9.97. The molecule has 2 rings (SSSR count). The number of hydrogen-bond donors (Lipinski definition) is 1. The molecule has 1 saturated heterocycles. The van der Waals surface area contributed by atoms with Crippen molar-refractivity contribution in [1.82, 2.24) is 4.90 Å². The van der Waals surface area contributed by atoms with E-state index in [4.69, 9.17) is 9.84 Å². The van der Waals surface area contributed by atoms with Crippen LogP contribution in [0.2, 0.25) is 0 Å². The zero-order chi connectivity index (χ0) is 15.2. The molecule has 6 heteroatoms. The molecule has 0 aliphatic carbocycles. The smallest absolute Gasteiger partial charge is 0.306 e. The number of methoxy groups -OCH3 is 1. The van der Waals surface area contributed by atoms with Gasteiger partial charge in [-0.2, -0.15) is 0 Å². The van der Waals surface area contributed by atoms with Crippen molar-refractivity contribution >= 4 is 23.6 Å². The summed E-state index contributed by atoms with van der Waals surface area (Å²) in [5.41, 5.74) is 0. The zero-order valence-corrected chi connectivity index (χ0v) is 12.8. The molecule has 0 saturated carbocycles. The summed E-state index contributed by atoms with van der Waals surface area (Å²) in [6.07, 6.45) is 1.09. The van der Waals surface area contributed by atoms with E-state index in [-0.39, 0.29) is 11.8 Å². The normalized spacial score (nSPS) is 15.8. The molecule has 21 heavy (non-hydrogen) atoms. The quantitative estimate of drug-likeness (QED) is 0.844. The van der Waals surface area contributed by atoms with Crippen LogP contribution >= 0.6 is 11.8 Å². The third-order valence-corrected chi connectivity index (χ3v) is 4.58. The van der Waals surface area contributed by atoms with E-state index in [2.05, 4.69) is 0 Å². The molecule has 114 valence electrons. The highest BCUT2D eigenvalue weighted by molar-refractivity contribution is 8.00. The van der Waals surface area contributed by atoms with Gasteiger partial charge < -0.3 is 14.7 Å². The summed E-state index contributed by atoms with van der Waals surface area (Å²) >= 11 is 1.47. The number of nitrogens with zero attached hydrogens (tertiary/aromatic N) is 1. The van der Waals surface area contributed by atoms with Crippen LogP contribution < -0.4 is 4.74 Å². The molecule has 0 aromatic heterocycles. The van der Waals surface area contributed by atoms with Gasteiger partial charge in [0.2, 0.25) is 5.91 Å². The SMILES string of the molecule is COc1cccc(SCC(=O)N2CCC(C(=O)O)CC2)c1. The summed E-state index contributed by atoms with van der Waals surface area (Å²) in [4.78, 5) is 25.8. The van der Waals surface area contributed by atoms with E-state index in [0.29, 0.717) is 31.7 Å². The molecular formula is C15H19NO4S. The molecule has 5 nitrogen and oxygen atoms in total. The Bertz CT molecular complexity index is 512. The van der Waals surface area contributed by atoms with E-state index in [9.17, 15) is 9.59 Å². The molecule has 0 atom stereocenters. The number of carbonyl (C=O) groups excluding carboxylic acids is 1. The number of ether oxygens (including phenoxy) is 1. The van der Waals surface area contributed by atoms with Crippen LogP contribution in [0.25, 0.3) is 0 Å². The van der Waals surface area contributed by atoms with Gasteiger partial charge in [-0.15, -0.1) is 11.8 Å². The van der Waals surface area contributed by atoms with E-state index in [1.807, 2.05) is 24.3 Å². The lowest BCUT2D eigenvalue weighted by Gasteiger charge is -2.30. The van der Waals surface area contributed by atoms with Gasteiger partial charge in [-0.05, 0) is 31.0 Å². The minimum atomic E-state index is -0.757. The standard InChI is InChI=1S/C15H19NO4S/c1-20-12-3-2-4-13(9-12)21-10-14(17)16-7-5-11(6-8-16)15(18)19/h2-4,9,11H,5-8,10H2,1H3,(H,18,19). The largest absolute Gasteiger partial charge is 0.497 e. The Morgan fingerprint density at radius 2 is 2.10 bits per heavy atom. The van der Waals surface area contributed by atoms with Crippen molar-refractivity contribution in [2.24, 2.45) is 5.92 Å². The summed E-state index contributed by atoms with van der Waals surface area (Å²) in [6, 6.07) is 7.60. The molecule has 1 aliphatic heterocycles. The number of aliphatic carboxylic acids is 1. The molecule has 0 radical (unpaired) electrons. The lowest BCUT2D eigenvalue weighted by Crippen LogP contribution is -2.41. The van der Waals surface area contributed by atoms with Gasteiger partial charge in [0.05, 0.1) is 18.8 Å². The Morgan fingerprint density at radius 3 is 2.71 bits per heavy atom. The predicted octanol–water partition coefficient (Wildman–Crippen LogP) is 2.11. The van der Waals surface area contributed by atoms with E-state index in [0.717, 1.165) is 10.6 Å². The maximum Gasteiger partial charge on any atom is 0.306 e. The Morgan fingerprint density at radius 1 is 1.38 bits per heavy atom. The first-order valence-corrected chi connectivity index (χ1v) is 7.86. The first-order chi connectivity index (χ1) is 10.1. The second-order valence-corrected chi connectivity index (χ2v) is 6.01. The van der Waals surface area contributed by atoms with Crippen LogP contribution in [0.15, 0.2) is 29.2 Å². The molecular weight excluding hydrogens is 290 g/mol. The van der Waals surface area contributed by atoms with Crippen LogP contribution in [0.1, 0.15) is 12.8 Å². The third kappa shape index (κ3) is 4.39. The number of carbonyl (C=O) groups is 2. The highest BCUT2D eigenvalue weighted by Crippen LogP contribution is 2.24. The fourth-order valence-electron chi connectivity index (χ4n) is 2.30. The van der Waals surface area contributed by atoms with E-state index in [1.54, 1.807) is 12.0 Å². The van der Waals surface area contributed by atoms with E-state index in [1.165, 1.54) is 11.8 Å². The van der Waals surface area contributed by atoms with Crippen molar-refractivity contribution < 1.29 is 19.4 Å².